The van der Waals surface area contributed by atoms with E-state index in [1.165, 1.54) is 0 Å². The van der Waals surface area contributed by atoms with E-state index in [0.29, 0.717) is 19.4 Å². The fourth-order valence-electron chi connectivity index (χ4n) is 5.05. The van der Waals surface area contributed by atoms with Crippen molar-refractivity contribution in [3.05, 3.63) is 51.5 Å². The first-order chi connectivity index (χ1) is 13.0. The van der Waals surface area contributed by atoms with Gasteiger partial charge < -0.3 is 10.0 Å². The zero-order valence-electron chi connectivity index (χ0n) is 16.1. The van der Waals surface area contributed by atoms with Crippen LogP contribution in [0.3, 0.4) is 0 Å². The van der Waals surface area contributed by atoms with Crippen molar-refractivity contribution in [3.63, 3.8) is 0 Å². The van der Waals surface area contributed by atoms with Gasteiger partial charge in [0.2, 0.25) is 5.91 Å². The van der Waals surface area contributed by atoms with Gasteiger partial charge in [-0.2, -0.15) is 0 Å². The van der Waals surface area contributed by atoms with E-state index >= 15 is 0 Å². The lowest BCUT2D eigenvalue weighted by Gasteiger charge is -2.52. The SMILES string of the molecule is Cc1nc(C)c(CC(=O)N2CC[C@@](O)(c3ccccc3)[C@@H]3CCCC[C@@H]32)s1. The number of thiazole rings is 1. The Hall–Kier alpha value is -1.72. The molecule has 1 N–H and O–H groups in total. The zero-order chi connectivity index (χ0) is 19.0. The van der Waals surface area contributed by atoms with Gasteiger partial charge in [-0.3, -0.25) is 4.79 Å². The molecule has 2 fully saturated rings. The average Bonchev–Trinajstić information content (AvgIpc) is 2.99. The Morgan fingerprint density at radius 1 is 1.26 bits per heavy atom. The largest absolute Gasteiger partial charge is 0.385 e. The molecule has 1 amide bonds. The quantitative estimate of drug-likeness (QED) is 0.871. The second-order valence-corrected chi connectivity index (χ2v) is 9.29. The fourth-order valence-corrected chi connectivity index (χ4v) is 5.98. The maximum absolute atomic E-state index is 13.2. The summed E-state index contributed by atoms with van der Waals surface area (Å²) in [6, 6.07) is 10.2. The number of aryl methyl sites for hydroxylation is 2. The number of rotatable bonds is 3. The Balaban J connectivity index is 1.58. The lowest BCUT2D eigenvalue weighted by atomic mass is 9.66. The van der Waals surface area contributed by atoms with Gasteiger partial charge in [0.1, 0.15) is 0 Å². The molecule has 0 radical (unpaired) electrons. The van der Waals surface area contributed by atoms with E-state index in [2.05, 4.69) is 9.88 Å². The molecule has 1 saturated heterocycles. The number of carbonyl (C=O) groups is 1. The number of fused-ring (bicyclic) bond motifs is 1. The van der Waals surface area contributed by atoms with E-state index in [0.717, 1.165) is 46.8 Å². The Morgan fingerprint density at radius 2 is 2.00 bits per heavy atom. The molecule has 0 spiro atoms. The van der Waals surface area contributed by atoms with E-state index in [1.54, 1.807) is 11.3 Å². The summed E-state index contributed by atoms with van der Waals surface area (Å²) in [4.78, 5) is 20.8. The van der Waals surface area contributed by atoms with Crippen molar-refractivity contribution >= 4 is 17.2 Å². The van der Waals surface area contributed by atoms with Crippen molar-refractivity contribution < 1.29 is 9.90 Å². The highest BCUT2D eigenvalue weighted by atomic mass is 32.1. The normalized spacial score (nSPS) is 28.0. The van der Waals surface area contributed by atoms with Crippen molar-refractivity contribution in [2.24, 2.45) is 5.92 Å². The van der Waals surface area contributed by atoms with E-state index in [1.807, 2.05) is 44.2 Å². The second kappa shape index (κ2) is 7.36. The summed E-state index contributed by atoms with van der Waals surface area (Å²) in [5.74, 6) is 0.310. The number of benzene rings is 1. The van der Waals surface area contributed by atoms with Crippen LogP contribution >= 0.6 is 11.3 Å². The van der Waals surface area contributed by atoms with E-state index in [-0.39, 0.29) is 17.9 Å². The Kier molecular flexibility index (Phi) is 5.08. The molecular weight excluding hydrogens is 356 g/mol. The number of nitrogens with zero attached hydrogens (tertiary/aromatic N) is 2. The molecule has 1 saturated carbocycles. The van der Waals surface area contributed by atoms with Crippen molar-refractivity contribution in [1.29, 1.82) is 0 Å². The van der Waals surface area contributed by atoms with Crippen molar-refractivity contribution in [2.45, 2.75) is 64.0 Å². The first kappa shape index (κ1) is 18.6. The predicted molar refractivity (Wildman–Crippen MR) is 108 cm³/mol. The summed E-state index contributed by atoms with van der Waals surface area (Å²) in [6.07, 6.45) is 5.29. The van der Waals surface area contributed by atoms with Gasteiger partial charge in [0, 0.05) is 23.4 Å². The van der Waals surface area contributed by atoms with E-state index < -0.39 is 5.60 Å². The molecular formula is C22H28N2O2S. The van der Waals surface area contributed by atoms with Crippen LogP contribution in [0.25, 0.3) is 0 Å². The standard InChI is InChI=1S/C22H28N2O2S/c1-15-20(27-16(2)23-15)14-21(25)24-13-12-22(26,17-8-4-3-5-9-17)18-10-6-7-11-19(18)24/h3-5,8-9,18-19,26H,6-7,10-14H2,1-2H3/t18-,19+,22-/m1/s1. The molecule has 0 unspecified atom stereocenters. The van der Waals surface area contributed by atoms with Gasteiger partial charge in [0.25, 0.3) is 0 Å². The number of aliphatic hydroxyl groups is 1. The molecule has 1 aliphatic carbocycles. The molecule has 2 heterocycles. The van der Waals surface area contributed by atoms with Gasteiger partial charge in [0.15, 0.2) is 0 Å². The zero-order valence-corrected chi connectivity index (χ0v) is 17.0. The van der Waals surface area contributed by atoms with Crippen LogP contribution < -0.4 is 0 Å². The Bertz CT molecular complexity index is 819. The third kappa shape index (κ3) is 3.43. The van der Waals surface area contributed by atoms with Gasteiger partial charge in [-0.15, -0.1) is 11.3 Å². The highest BCUT2D eigenvalue weighted by molar-refractivity contribution is 7.11. The van der Waals surface area contributed by atoms with Crippen LogP contribution in [0.4, 0.5) is 0 Å². The minimum atomic E-state index is -0.819. The molecule has 5 heteroatoms. The van der Waals surface area contributed by atoms with E-state index in [9.17, 15) is 9.90 Å². The van der Waals surface area contributed by atoms with Crippen molar-refractivity contribution in [3.8, 4) is 0 Å². The van der Waals surface area contributed by atoms with Gasteiger partial charge >= 0.3 is 0 Å². The third-order valence-corrected chi connectivity index (χ3v) is 7.46. The molecule has 2 aliphatic rings. The van der Waals surface area contributed by atoms with Gasteiger partial charge in [0.05, 0.1) is 22.7 Å². The summed E-state index contributed by atoms with van der Waals surface area (Å²) in [5, 5.41) is 12.6. The van der Waals surface area contributed by atoms with Crippen molar-refractivity contribution in [2.75, 3.05) is 6.54 Å². The maximum atomic E-state index is 13.2. The van der Waals surface area contributed by atoms with Crippen molar-refractivity contribution in [1.82, 2.24) is 9.88 Å². The topological polar surface area (TPSA) is 53.4 Å². The summed E-state index contributed by atoms with van der Waals surface area (Å²) in [5.41, 5.74) is 1.16. The molecule has 3 atom stereocenters. The van der Waals surface area contributed by atoms with Crippen LogP contribution in [0.15, 0.2) is 30.3 Å². The van der Waals surface area contributed by atoms with Crippen LogP contribution in [0, 0.1) is 19.8 Å². The fraction of sp³-hybridized carbons (Fsp3) is 0.545. The molecule has 4 nitrogen and oxygen atoms in total. The molecule has 0 bridgehead atoms. The second-order valence-electron chi connectivity index (χ2n) is 8.00. The van der Waals surface area contributed by atoms with Gasteiger partial charge in [-0.05, 0) is 38.7 Å². The summed E-state index contributed by atoms with van der Waals surface area (Å²) in [7, 11) is 0. The van der Waals surface area contributed by atoms with Crippen LogP contribution in [0.2, 0.25) is 0 Å². The van der Waals surface area contributed by atoms with E-state index in [4.69, 9.17) is 0 Å². The van der Waals surface area contributed by atoms with Crippen LogP contribution in [-0.2, 0) is 16.8 Å². The number of hydrogen-bond donors (Lipinski definition) is 1. The first-order valence-electron chi connectivity index (χ1n) is 9.99. The molecule has 2 aromatic rings. The molecule has 1 aromatic carbocycles. The molecule has 27 heavy (non-hydrogen) atoms. The number of piperidine rings is 1. The minimum Gasteiger partial charge on any atom is -0.385 e. The smallest absolute Gasteiger partial charge is 0.228 e. The lowest BCUT2D eigenvalue weighted by molar-refractivity contribution is -0.154. The number of hydrogen-bond acceptors (Lipinski definition) is 4. The first-order valence-corrected chi connectivity index (χ1v) is 10.8. The van der Waals surface area contributed by atoms with Crippen LogP contribution in [0.5, 0.6) is 0 Å². The highest BCUT2D eigenvalue weighted by Gasteiger charge is 2.50. The highest BCUT2D eigenvalue weighted by Crippen LogP contribution is 2.47. The monoisotopic (exact) mass is 384 g/mol. The van der Waals surface area contributed by atoms with Crippen LogP contribution in [-0.4, -0.2) is 33.5 Å². The van der Waals surface area contributed by atoms with Gasteiger partial charge in [-0.1, -0.05) is 43.2 Å². The molecule has 1 aromatic heterocycles. The Labute approximate surface area is 165 Å². The summed E-state index contributed by atoms with van der Waals surface area (Å²) < 4.78 is 0. The van der Waals surface area contributed by atoms with Gasteiger partial charge in [-0.25, -0.2) is 4.98 Å². The van der Waals surface area contributed by atoms with Crippen LogP contribution in [0.1, 0.15) is 53.2 Å². The number of carbonyl (C=O) groups excluding carboxylic acids is 1. The summed E-state index contributed by atoms with van der Waals surface area (Å²) >= 11 is 1.62. The molecule has 144 valence electrons. The Morgan fingerprint density at radius 3 is 2.70 bits per heavy atom. The molecule has 4 rings (SSSR count). The summed E-state index contributed by atoms with van der Waals surface area (Å²) in [6.45, 7) is 4.60. The lowest BCUT2D eigenvalue weighted by Crippen LogP contribution is -2.59. The average molecular weight is 385 g/mol. The third-order valence-electron chi connectivity index (χ3n) is 6.38. The number of aromatic nitrogens is 1. The maximum Gasteiger partial charge on any atom is 0.228 e. The number of amides is 1. The molecule has 1 aliphatic heterocycles. The predicted octanol–water partition coefficient (Wildman–Crippen LogP) is 3.98. The minimum absolute atomic E-state index is 0.121. The number of likely N-dealkylation sites (tertiary alicyclic amines) is 1.